The molecular weight excluding hydrogens is 192 g/mol. The average Bonchev–Trinajstić information content (AvgIpc) is 2.53. The summed E-state index contributed by atoms with van der Waals surface area (Å²) in [6.07, 6.45) is 0. The standard InChI is InChI=1S/C11H12N2O2/c1-7-12-9-6-8(11(14)15-3)4-5-10(9)13(7)2/h4-6H,1-3H3. The van der Waals surface area contributed by atoms with Crippen molar-refractivity contribution in [2.75, 3.05) is 7.11 Å². The maximum atomic E-state index is 11.3. The van der Waals surface area contributed by atoms with E-state index in [-0.39, 0.29) is 5.97 Å². The predicted molar refractivity (Wildman–Crippen MR) is 56.8 cm³/mol. The molecule has 15 heavy (non-hydrogen) atoms. The molecule has 0 spiro atoms. The van der Waals surface area contributed by atoms with Gasteiger partial charge in [-0.25, -0.2) is 9.78 Å². The minimum atomic E-state index is -0.333. The first kappa shape index (κ1) is 9.71. The quantitative estimate of drug-likeness (QED) is 0.664. The molecule has 0 atom stereocenters. The second-order valence-corrected chi connectivity index (χ2v) is 3.41. The van der Waals surface area contributed by atoms with E-state index in [1.165, 1.54) is 7.11 Å². The zero-order valence-corrected chi connectivity index (χ0v) is 8.94. The Morgan fingerprint density at radius 1 is 1.47 bits per heavy atom. The van der Waals surface area contributed by atoms with Gasteiger partial charge in [0.25, 0.3) is 0 Å². The van der Waals surface area contributed by atoms with Crippen LogP contribution in [0.1, 0.15) is 16.2 Å². The third-order valence-corrected chi connectivity index (χ3v) is 2.53. The molecule has 0 N–H and O–H groups in total. The van der Waals surface area contributed by atoms with Crippen molar-refractivity contribution in [2.45, 2.75) is 6.92 Å². The van der Waals surface area contributed by atoms with Crippen LogP contribution in [0.15, 0.2) is 18.2 Å². The summed E-state index contributed by atoms with van der Waals surface area (Å²) in [6.45, 7) is 1.93. The molecule has 0 unspecified atom stereocenters. The number of rotatable bonds is 1. The number of hydrogen-bond acceptors (Lipinski definition) is 3. The number of benzene rings is 1. The third kappa shape index (κ3) is 1.48. The van der Waals surface area contributed by atoms with Crippen LogP contribution in [0.5, 0.6) is 0 Å². The molecule has 2 aromatic rings. The zero-order valence-electron chi connectivity index (χ0n) is 8.94. The number of nitrogens with zero attached hydrogens (tertiary/aromatic N) is 2. The van der Waals surface area contributed by atoms with Gasteiger partial charge in [0.05, 0.1) is 23.7 Å². The van der Waals surface area contributed by atoms with E-state index in [1.54, 1.807) is 12.1 Å². The molecule has 2 rings (SSSR count). The van der Waals surface area contributed by atoms with Gasteiger partial charge in [-0.3, -0.25) is 0 Å². The summed E-state index contributed by atoms with van der Waals surface area (Å²) in [4.78, 5) is 15.6. The summed E-state index contributed by atoms with van der Waals surface area (Å²) < 4.78 is 6.63. The van der Waals surface area contributed by atoms with Crippen molar-refractivity contribution in [1.29, 1.82) is 0 Å². The Kier molecular flexibility index (Phi) is 2.19. The van der Waals surface area contributed by atoms with E-state index >= 15 is 0 Å². The van der Waals surface area contributed by atoms with Gasteiger partial charge in [0, 0.05) is 7.05 Å². The fraction of sp³-hybridized carbons (Fsp3) is 0.273. The van der Waals surface area contributed by atoms with Crippen molar-refractivity contribution in [3.63, 3.8) is 0 Å². The van der Waals surface area contributed by atoms with Gasteiger partial charge in [0.2, 0.25) is 0 Å². The summed E-state index contributed by atoms with van der Waals surface area (Å²) in [7, 11) is 3.32. The molecule has 0 fully saturated rings. The Morgan fingerprint density at radius 3 is 2.87 bits per heavy atom. The summed E-state index contributed by atoms with van der Waals surface area (Å²) in [5.74, 6) is 0.590. The summed E-state index contributed by atoms with van der Waals surface area (Å²) in [5.41, 5.74) is 2.36. The SMILES string of the molecule is COC(=O)c1ccc2c(c1)nc(C)n2C. The summed E-state index contributed by atoms with van der Waals surface area (Å²) >= 11 is 0. The maximum Gasteiger partial charge on any atom is 0.337 e. The number of methoxy groups -OCH3 is 1. The number of aryl methyl sites for hydroxylation is 2. The largest absolute Gasteiger partial charge is 0.465 e. The van der Waals surface area contributed by atoms with E-state index < -0.39 is 0 Å². The molecule has 78 valence electrons. The average molecular weight is 204 g/mol. The van der Waals surface area contributed by atoms with Crippen LogP contribution in [0, 0.1) is 6.92 Å². The Labute approximate surface area is 87.5 Å². The fourth-order valence-electron chi connectivity index (χ4n) is 1.57. The number of ether oxygens (including phenoxy) is 1. The van der Waals surface area contributed by atoms with Crippen LogP contribution in [-0.4, -0.2) is 22.6 Å². The lowest BCUT2D eigenvalue weighted by Crippen LogP contribution is -2.00. The van der Waals surface area contributed by atoms with Gasteiger partial charge in [0.1, 0.15) is 5.82 Å². The van der Waals surface area contributed by atoms with Crippen LogP contribution in [0.25, 0.3) is 11.0 Å². The minimum absolute atomic E-state index is 0.333. The van der Waals surface area contributed by atoms with Gasteiger partial charge < -0.3 is 9.30 Å². The van der Waals surface area contributed by atoms with Gasteiger partial charge in [-0.15, -0.1) is 0 Å². The monoisotopic (exact) mass is 204 g/mol. The van der Waals surface area contributed by atoms with Gasteiger partial charge in [0.15, 0.2) is 0 Å². The molecule has 0 aliphatic heterocycles. The predicted octanol–water partition coefficient (Wildman–Crippen LogP) is 1.67. The Bertz CT molecular complexity index is 529. The van der Waals surface area contributed by atoms with E-state index in [9.17, 15) is 4.79 Å². The van der Waals surface area contributed by atoms with Crippen LogP contribution in [0.3, 0.4) is 0 Å². The van der Waals surface area contributed by atoms with Crippen molar-refractivity contribution < 1.29 is 9.53 Å². The highest BCUT2D eigenvalue weighted by atomic mass is 16.5. The third-order valence-electron chi connectivity index (χ3n) is 2.53. The lowest BCUT2D eigenvalue weighted by molar-refractivity contribution is 0.0601. The molecule has 4 nitrogen and oxygen atoms in total. The lowest BCUT2D eigenvalue weighted by atomic mass is 10.2. The summed E-state index contributed by atoms with van der Waals surface area (Å²) in [6, 6.07) is 5.37. The van der Waals surface area contributed by atoms with Crippen molar-refractivity contribution in [3.8, 4) is 0 Å². The maximum absolute atomic E-state index is 11.3. The number of carbonyl (C=O) groups is 1. The first-order chi connectivity index (χ1) is 7.13. The van der Waals surface area contributed by atoms with E-state index in [1.807, 2.05) is 24.6 Å². The van der Waals surface area contributed by atoms with Gasteiger partial charge in [-0.2, -0.15) is 0 Å². The normalized spacial score (nSPS) is 10.6. The van der Waals surface area contributed by atoms with E-state index in [2.05, 4.69) is 9.72 Å². The van der Waals surface area contributed by atoms with Crippen molar-refractivity contribution >= 4 is 17.0 Å². The van der Waals surface area contributed by atoms with E-state index in [4.69, 9.17) is 0 Å². The smallest absolute Gasteiger partial charge is 0.337 e. The highest BCUT2D eigenvalue weighted by molar-refractivity contribution is 5.93. The van der Waals surface area contributed by atoms with Crippen LogP contribution in [0.4, 0.5) is 0 Å². The Balaban J connectivity index is 2.62. The van der Waals surface area contributed by atoms with Crippen molar-refractivity contribution in [1.82, 2.24) is 9.55 Å². The molecule has 4 heteroatoms. The van der Waals surface area contributed by atoms with Crippen LogP contribution in [0.2, 0.25) is 0 Å². The van der Waals surface area contributed by atoms with Crippen LogP contribution in [-0.2, 0) is 11.8 Å². The van der Waals surface area contributed by atoms with Gasteiger partial charge >= 0.3 is 5.97 Å². The Morgan fingerprint density at radius 2 is 2.20 bits per heavy atom. The molecule has 0 aliphatic carbocycles. The molecular formula is C11H12N2O2. The van der Waals surface area contributed by atoms with Crippen molar-refractivity contribution in [3.05, 3.63) is 29.6 Å². The fourth-order valence-corrected chi connectivity index (χ4v) is 1.57. The highest BCUT2D eigenvalue weighted by Crippen LogP contribution is 2.16. The molecule has 0 bridgehead atoms. The molecule has 1 heterocycles. The second-order valence-electron chi connectivity index (χ2n) is 3.41. The minimum Gasteiger partial charge on any atom is -0.465 e. The molecule has 0 radical (unpaired) electrons. The Hall–Kier alpha value is -1.84. The van der Waals surface area contributed by atoms with Crippen LogP contribution < -0.4 is 0 Å². The van der Waals surface area contributed by atoms with Crippen LogP contribution >= 0.6 is 0 Å². The highest BCUT2D eigenvalue weighted by Gasteiger charge is 2.09. The number of carbonyl (C=O) groups excluding carboxylic acids is 1. The number of aromatic nitrogens is 2. The molecule has 1 aromatic carbocycles. The summed E-state index contributed by atoms with van der Waals surface area (Å²) in [5, 5.41) is 0. The van der Waals surface area contributed by atoms with Gasteiger partial charge in [-0.05, 0) is 25.1 Å². The first-order valence-corrected chi connectivity index (χ1v) is 4.65. The number of esters is 1. The van der Waals surface area contributed by atoms with E-state index in [0.29, 0.717) is 5.56 Å². The molecule has 0 saturated carbocycles. The molecule has 0 saturated heterocycles. The lowest BCUT2D eigenvalue weighted by Gasteiger charge is -1.99. The molecule has 0 aliphatic rings. The van der Waals surface area contributed by atoms with E-state index in [0.717, 1.165) is 16.9 Å². The first-order valence-electron chi connectivity index (χ1n) is 4.65. The number of hydrogen-bond donors (Lipinski definition) is 0. The molecule has 0 amide bonds. The number of imidazole rings is 1. The molecule has 1 aromatic heterocycles. The topological polar surface area (TPSA) is 44.1 Å². The zero-order chi connectivity index (χ0) is 11.0. The van der Waals surface area contributed by atoms with Crippen molar-refractivity contribution in [2.24, 2.45) is 7.05 Å². The second kappa shape index (κ2) is 3.38. The number of fused-ring (bicyclic) bond motifs is 1. The van der Waals surface area contributed by atoms with Gasteiger partial charge in [-0.1, -0.05) is 0 Å².